The van der Waals surface area contributed by atoms with Crippen molar-refractivity contribution in [1.29, 1.82) is 0 Å². The summed E-state index contributed by atoms with van der Waals surface area (Å²) in [5, 5.41) is 41.3. The quantitative estimate of drug-likeness (QED) is 0.110. The second kappa shape index (κ2) is 16.3. The number of carbonyl (C=O) groups excluding carboxylic acids is 2. The number of aromatic hydroxyl groups is 2. The lowest BCUT2D eigenvalue weighted by Gasteiger charge is -2.41. The SMILES string of the molecule is COc1ccc(-c2coc3cc(O[C@@H]4O[C@H](COC(=O)/C=C/c5ccc(O)cc5)[C@@H](O)[C@H](O)[C@H]4OC(=O)/C=C/c4ccc(O)cc4)ccc3c2=O)cc1. The van der Waals surface area contributed by atoms with Gasteiger partial charge in [0.25, 0.3) is 0 Å². The molecule has 4 aromatic carbocycles. The van der Waals surface area contributed by atoms with Crippen molar-refractivity contribution in [2.45, 2.75) is 30.7 Å². The van der Waals surface area contributed by atoms with Crippen LogP contribution in [0.3, 0.4) is 0 Å². The summed E-state index contributed by atoms with van der Waals surface area (Å²) in [5.41, 5.74) is 1.99. The maximum absolute atomic E-state index is 13.4. The van der Waals surface area contributed by atoms with Crippen molar-refractivity contribution in [3.63, 3.8) is 0 Å². The fraction of sp³-hybridized carbons (Fsp3) is 0.175. The lowest BCUT2D eigenvalue weighted by Crippen LogP contribution is -2.61. The van der Waals surface area contributed by atoms with E-state index in [4.69, 9.17) is 28.1 Å². The summed E-state index contributed by atoms with van der Waals surface area (Å²) in [6.45, 7) is -0.515. The van der Waals surface area contributed by atoms with Crippen molar-refractivity contribution < 1.29 is 58.1 Å². The van der Waals surface area contributed by atoms with Gasteiger partial charge < -0.3 is 48.5 Å². The van der Waals surface area contributed by atoms with Crippen LogP contribution >= 0.6 is 0 Å². The first-order chi connectivity index (χ1) is 25.6. The molecule has 13 heteroatoms. The molecule has 5 atom stereocenters. The van der Waals surface area contributed by atoms with Gasteiger partial charge in [0, 0.05) is 18.2 Å². The Labute approximate surface area is 302 Å². The van der Waals surface area contributed by atoms with Crippen molar-refractivity contribution in [3.8, 4) is 34.1 Å². The molecule has 0 amide bonds. The number of aliphatic hydroxyl groups is 2. The topological polar surface area (TPSA) is 191 Å². The molecular weight excluding hydrogens is 688 g/mol. The molecule has 0 unspecified atom stereocenters. The number of rotatable bonds is 11. The Bertz CT molecular complexity index is 2170. The lowest BCUT2D eigenvalue weighted by atomic mass is 9.99. The summed E-state index contributed by atoms with van der Waals surface area (Å²) >= 11 is 0. The average molecular weight is 723 g/mol. The highest BCUT2D eigenvalue weighted by atomic mass is 16.7. The number of hydrogen-bond acceptors (Lipinski definition) is 13. The van der Waals surface area contributed by atoms with E-state index in [1.54, 1.807) is 55.6 Å². The fourth-order valence-corrected chi connectivity index (χ4v) is 5.43. The van der Waals surface area contributed by atoms with Crippen LogP contribution in [0.15, 0.2) is 119 Å². The molecule has 272 valence electrons. The Morgan fingerprint density at radius 3 is 2.00 bits per heavy atom. The summed E-state index contributed by atoms with van der Waals surface area (Å²) < 4.78 is 33.7. The Morgan fingerprint density at radius 2 is 1.38 bits per heavy atom. The minimum absolute atomic E-state index is 0.0421. The van der Waals surface area contributed by atoms with Gasteiger partial charge in [0.1, 0.15) is 59.8 Å². The predicted octanol–water partition coefficient (Wildman–Crippen LogP) is 4.59. The van der Waals surface area contributed by atoms with Gasteiger partial charge >= 0.3 is 11.9 Å². The molecule has 2 heterocycles. The maximum atomic E-state index is 13.4. The van der Waals surface area contributed by atoms with E-state index < -0.39 is 49.3 Å². The predicted molar refractivity (Wildman–Crippen MR) is 191 cm³/mol. The van der Waals surface area contributed by atoms with Crippen molar-refractivity contribution >= 4 is 35.1 Å². The highest BCUT2D eigenvalue weighted by Gasteiger charge is 2.48. The molecule has 4 N–H and O–H groups in total. The molecule has 1 fully saturated rings. The van der Waals surface area contributed by atoms with E-state index >= 15 is 0 Å². The van der Waals surface area contributed by atoms with Crippen molar-refractivity contribution in [2.24, 2.45) is 0 Å². The van der Waals surface area contributed by atoms with Crippen LogP contribution in [0.5, 0.6) is 23.0 Å². The molecule has 13 nitrogen and oxygen atoms in total. The van der Waals surface area contributed by atoms with Gasteiger partial charge in [0.15, 0.2) is 11.5 Å². The van der Waals surface area contributed by atoms with Gasteiger partial charge in [0.05, 0.1) is 18.1 Å². The maximum Gasteiger partial charge on any atom is 0.331 e. The third kappa shape index (κ3) is 8.91. The number of esters is 2. The monoisotopic (exact) mass is 722 g/mol. The van der Waals surface area contributed by atoms with Crippen LogP contribution in [0.1, 0.15) is 11.1 Å². The molecule has 1 aromatic heterocycles. The number of phenolic OH excluding ortho intramolecular Hbond substituents is 2. The Balaban J connectivity index is 1.21. The molecule has 1 saturated heterocycles. The molecule has 0 radical (unpaired) electrons. The van der Waals surface area contributed by atoms with E-state index in [0.29, 0.717) is 28.0 Å². The molecule has 6 rings (SSSR count). The Hall–Kier alpha value is -6.41. The van der Waals surface area contributed by atoms with Gasteiger partial charge in [-0.25, -0.2) is 9.59 Å². The highest BCUT2D eigenvalue weighted by Crippen LogP contribution is 2.30. The van der Waals surface area contributed by atoms with Crippen LogP contribution in [-0.4, -0.2) is 76.8 Å². The van der Waals surface area contributed by atoms with Crippen LogP contribution in [-0.2, 0) is 23.8 Å². The van der Waals surface area contributed by atoms with Gasteiger partial charge in [0.2, 0.25) is 6.29 Å². The molecule has 0 bridgehead atoms. The van der Waals surface area contributed by atoms with Gasteiger partial charge in [-0.05, 0) is 77.4 Å². The largest absolute Gasteiger partial charge is 0.508 e. The van der Waals surface area contributed by atoms with E-state index in [-0.39, 0.29) is 33.6 Å². The van der Waals surface area contributed by atoms with Gasteiger partial charge in [-0.15, -0.1) is 0 Å². The highest BCUT2D eigenvalue weighted by molar-refractivity contribution is 5.88. The number of ether oxygens (including phenoxy) is 5. The summed E-state index contributed by atoms with van der Waals surface area (Å²) in [7, 11) is 1.54. The van der Waals surface area contributed by atoms with Crippen LogP contribution in [0.25, 0.3) is 34.2 Å². The average Bonchev–Trinajstić information content (AvgIpc) is 3.17. The zero-order chi connectivity index (χ0) is 37.5. The third-order valence-corrected chi connectivity index (χ3v) is 8.30. The van der Waals surface area contributed by atoms with Crippen molar-refractivity contribution in [2.75, 3.05) is 13.7 Å². The van der Waals surface area contributed by atoms with Crippen LogP contribution in [0, 0.1) is 0 Å². The molecule has 1 aliphatic rings. The number of methoxy groups -OCH3 is 1. The molecule has 0 saturated carbocycles. The van der Waals surface area contributed by atoms with E-state index in [2.05, 4.69) is 0 Å². The first-order valence-corrected chi connectivity index (χ1v) is 16.3. The van der Waals surface area contributed by atoms with Gasteiger partial charge in [-0.2, -0.15) is 0 Å². The normalized spacial score (nSPS) is 20.0. The van der Waals surface area contributed by atoms with Gasteiger partial charge in [-0.1, -0.05) is 36.4 Å². The second-order valence-corrected chi connectivity index (χ2v) is 11.9. The lowest BCUT2D eigenvalue weighted by molar-refractivity contribution is -0.281. The number of phenols is 2. The van der Waals surface area contributed by atoms with Crippen LogP contribution in [0.4, 0.5) is 0 Å². The number of carbonyl (C=O) groups is 2. The number of benzene rings is 4. The van der Waals surface area contributed by atoms with E-state index in [1.807, 2.05) is 0 Å². The molecule has 53 heavy (non-hydrogen) atoms. The van der Waals surface area contributed by atoms with E-state index in [1.165, 1.54) is 60.9 Å². The summed E-state index contributed by atoms with van der Waals surface area (Å²) in [5.74, 6) is -0.866. The van der Waals surface area contributed by atoms with Gasteiger partial charge in [-0.3, -0.25) is 4.79 Å². The summed E-state index contributed by atoms with van der Waals surface area (Å²) in [4.78, 5) is 38.7. The number of hydrogen-bond donors (Lipinski definition) is 4. The van der Waals surface area contributed by atoms with Crippen LogP contribution in [0.2, 0.25) is 0 Å². The molecular formula is C40H34O13. The summed E-state index contributed by atoms with van der Waals surface area (Å²) in [6, 6.07) is 23.4. The third-order valence-electron chi connectivity index (χ3n) is 8.30. The molecule has 0 spiro atoms. The smallest absolute Gasteiger partial charge is 0.331 e. The van der Waals surface area contributed by atoms with Crippen molar-refractivity contribution in [3.05, 3.63) is 131 Å². The van der Waals surface area contributed by atoms with Crippen molar-refractivity contribution in [1.82, 2.24) is 0 Å². The minimum Gasteiger partial charge on any atom is -0.508 e. The zero-order valence-electron chi connectivity index (χ0n) is 28.1. The molecule has 5 aromatic rings. The minimum atomic E-state index is -1.76. The first kappa shape index (κ1) is 36.4. The van der Waals surface area contributed by atoms with Crippen LogP contribution < -0.4 is 14.9 Å². The Kier molecular flexibility index (Phi) is 11.2. The molecule has 0 aliphatic carbocycles. The summed E-state index contributed by atoms with van der Waals surface area (Å²) in [6.07, 6.45) is -1.48. The standard InChI is InChI=1S/C40H34O13/c1-48-28-14-8-25(9-15-28)31-21-49-32-20-29(16-17-30(32)36(31)45)51-40-39(53-35(44)19-7-24-4-12-27(42)13-5-24)38(47)37(46)33(52-40)22-50-34(43)18-6-23-2-10-26(41)11-3-23/h2-21,33,37-42,46-47H,22H2,1H3/b18-6+,19-7+/t33-,37-,38+,39-,40-/m1/s1. The van der Waals surface area contributed by atoms with E-state index in [0.717, 1.165) is 12.2 Å². The zero-order valence-corrected chi connectivity index (χ0v) is 28.1. The molecule has 1 aliphatic heterocycles. The fourth-order valence-electron chi connectivity index (χ4n) is 5.43. The van der Waals surface area contributed by atoms with E-state index in [9.17, 15) is 34.8 Å². The number of aliphatic hydroxyl groups excluding tert-OH is 2. The second-order valence-electron chi connectivity index (χ2n) is 11.9. The number of fused-ring (bicyclic) bond motifs is 1. The first-order valence-electron chi connectivity index (χ1n) is 16.3. The Morgan fingerprint density at radius 1 is 0.774 bits per heavy atom.